The molecule has 0 saturated carbocycles. The zero-order chi connectivity index (χ0) is 23.4. The fourth-order valence-corrected chi connectivity index (χ4v) is 5.02. The smallest absolute Gasteiger partial charge is 0.260 e. The number of nitrogens with one attached hydrogen (secondary N) is 2. The molecule has 0 radical (unpaired) electrons. The SMILES string of the molecule is COc1cc(/C=C2\SC(Nc3cc(Cl)ccc3C)NC2=O)cc(Br)c1OCc1ccccc1. The van der Waals surface area contributed by atoms with Gasteiger partial charge in [0.15, 0.2) is 17.0 Å². The number of rotatable bonds is 7. The third-order valence-corrected chi connectivity index (χ3v) is 6.85. The Bertz CT molecular complexity index is 1200. The van der Waals surface area contributed by atoms with Crippen molar-refractivity contribution >= 4 is 57.0 Å². The molecule has 2 N–H and O–H groups in total. The molecule has 8 heteroatoms. The lowest BCUT2D eigenvalue weighted by Gasteiger charge is -2.15. The van der Waals surface area contributed by atoms with Gasteiger partial charge in [-0.1, -0.05) is 59.8 Å². The molecular formula is C25H22BrClN2O3S. The highest BCUT2D eigenvalue weighted by Crippen LogP contribution is 2.39. The summed E-state index contributed by atoms with van der Waals surface area (Å²) in [6.07, 6.45) is 1.83. The monoisotopic (exact) mass is 544 g/mol. The van der Waals surface area contributed by atoms with Crippen LogP contribution in [0.1, 0.15) is 16.7 Å². The molecule has 1 unspecified atom stereocenters. The minimum atomic E-state index is -0.292. The minimum Gasteiger partial charge on any atom is -0.493 e. The van der Waals surface area contributed by atoms with Gasteiger partial charge in [-0.05, 0) is 69.9 Å². The van der Waals surface area contributed by atoms with Crippen molar-refractivity contribution in [3.8, 4) is 11.5 Å². The Morgan fingerprint density at radius 2 is 1.97 bits per heavy atom. The van der Waals surface area contributed by atoms with Gasteiger partial charge < -0.3 is 20.1 Å². The molecule has 1 amide bonds. The molecule has 0 aromatic heterocycles. The fourth-order valence-electron chi connectivity index (χ4n) is 3.30. The van der Waals surface area contributed by atoms with Gasteiger partial charge in [-0.3, -0.25) is 4.79 Å². The summed E-state index contributed by atoms with van der Waals surface area (Å²) >= 11 is 11.1. The molecule has 1 atom stereocenters. The molecule has 1 aliphatic heterocycles. The number of hydrogen-bond acceptors (Lipinski definition) is 5. The number of benzene rings is 3. The van der Waals surface area contributed by atoms with E-state index in [0.717, 1.165) is 26.9 Å². The lowest BCUT2D eigenvalue weighted by molar-refractivity contribution is -0.116. The van der Waals surface area contributed by atoms with E-state index in [4.69, 9.17) is 21.1 Å². The Labute approximate surface area is 210 Å². The van der Waals surface area contributed by atoms with E-state index in [-0.39, 0.29) is 11.4 Å². The summed E-state index contributed by atoms with van der Waals surface area (Å²) < 4.78 is 12.3. The van der Waals surface area contributed by atoms with E-state index < -0.39 is 0 Å². The third-order valence-electron chi connectivity index (χ3n) is 4.99. The third kappa shape index (κ3) is 5.85. The van der Waals surface area contributed by atoms with E-state index in [9.17, 15) is 4.79 Å². The van der Waals surface area contributed by atoms with Crippen LogP contribution in [0.4, 0.5) is 5.69 Å². The van der Waals surface area contributed by atoms with Gasteiger partial charge in [0.05, 0.1) is 16.5 Å². The summed E-state index contributed by atoms with van der Waals surface area (Å²) in [5, 5.41) is 6.91. The van der Waals surface area contributed by atoms with Crippen LogP contribution in [0.25, 0.3) is 6.08 Å². The summed E-state index contributed by atoms with van der Waals surface area (Å²) in [5.41, 5.74) is 3.52. The molecule has 3 aromatic carbocycles. The van der Waals surface area contributed by atoms with Crippen molar-refractivity contribution in [3.05, 3.63) is 91.8 Å². The van der Waals surface area contributed by atoms with Gasteiger partial charge in [0.1, 0.15) is 6.61 Å². The number of carbonyl (C=O) groups is 1. The van der Waals surface area contributed by atoms with Gasteiger partial charge in [0.25, 0.3) is 5.91 Å². The zero-order valence-electron chi connectivity index (χ0n) is 18.0. The summed E-state index contributed by atoms with van der Waals surface area (Å²) in [4.78, 5) is 13.2. The van der Waals surface area contributed by atoms with E-state index in [1.165, 1.54) is 11.8 Å². The van der Waals surface area contributed by atoms with Crippen LogP contribution in [-0.2, 0) is 11.4 Å². The van der Waals surface area contributed by atoms with Crippen LogP contribution < -0.4 is 20.1 Å². The highest BCUT2D eigenvalue weighted by atomic mass is 79.9. The number of hydrogen-bond donors (Lipinski definition) is 2. The van der Waals surface area contributed by atoms with Crippen molar-refractivity contribution in [3.63, 3.8) is 0 Å². The standard InChI is InChI=1S/C25H22BrClN2O3S/c1-15-8-9-18(27)13-20(15)28-25-29-24(30)22(33-25)12-17-10-19(26)23(21(11-17)31-2)32-14-16-6-4-3-5-7-16/h3-13,25,28H,14H2,1-2H3,(H,29,30)/b22-12-. The molecule has 0 bridgehead atoms. The number of ether oxygens (including phenoxy) is 2. The first-order valence-electron chi connectivity index (χ1n) is 10.2. The average Bonchev–Trinajstić information content (AvgIpc) is 3.14. The highest BCUT2D eigenvalue weighted by molar-refractivity contribution is 9.10. The minimum absolute atomic E-state index is 0.142. The molecule has 0 aliphatic carbocycles. The second-order valence-electron chi connectivity index (χ2n) is 7.39. The number of amides is 1. The van der Waals surface area contributed by atoms with Crippen molar-refractivity contribution in [2.24, 2.45) is 0 Å². The highest BCUT2D eigenvalue weighted by Gasteiger charge is 2.27. The van der Waals surface area contributed by atoms with Gasteiger partial charge in [-0.15, -0.1) is 0 Å². The first-order chi connectivity index (χ1) is 15.9. The van der Waals surface area contributed by atoms with Crippen molar-refractivity contribution in [1.82, 2.24) is 5.32 Å². The largest absolute Gasteiger partial charge is 0.493 e. The van der Waals surface area contributed by atoms with Crippen LogP contribution >= 0.6 is 39.3 Å². The maximum atomic E-state index is 12.6. The Hall–Kier alpha value is -2.61. The first-order valence-corrected chi connectivity index (χ1v) is 12.2. The second kappa shape index (κ2) is 10.5. The van der Waals surface area contributed by atoms with Crippen LogP contribution in [0.3, 0.4) is 0 Å². The van der Waals surface area contributed by atoms with Gasteiger partial charge in [0, 0.05) is 10.7 Å². The van der Waals surface area contributed by atoms with Crippen molar-refractivity contribution < 1.29 is 14.3 Å². The van der Waals surface area contributed by atoms with Gasteiger partial charge in [-0.2, -0.15) is 0 Å². The topological polar surface area (TPSA) is 59.6 Å². The Morgan fingerprint density at radius 1 is 1.18 bits per heavy atom. The van der Waals surface area contributed by atoms with Gasteiger partial charge in [-0.25, -0.2) is 0 Å². The van der Waals surface area contributed by atoms with Crippen molar-refractivity contribution in [2.45, 2.75) is 19.0 Å². The van der Waals surface area contributed by atoms with E-state index in [0.29, 0.717) is 28.0 Å². The van der Waals surface area contributed by atoms with Gasteiger partial charge >= 0.3 is 0 Å². The average molecular weight is 546 g/mol. The summed E-state index contributed by atoms with van der Waals surface area (Å²) in [5.74, 6) is 1.06. The van der Waals surface area contributed by atoms with Crippen LogP contribution in [0.5, 0.6) is 11.5 Å². The Balaban J connectivity index is 1.50. The predicted octanol–water partition coefficient (Wildman–Crippen LogP) is 6.60. The number of methoxy groups -OCH3 is 1. The molecule has 4 rings (SSSR count). The van der Waals surface area contributed by atoms with Crippen LogP contribution in [0.15, 0.2) is 70.0 Å². The van der Waals surface area contributed by atoms with Crippen LogP contribution in [-0.4, -0.2) is 18.5 Å². The molecule has 170 valence electrons. The fraction of sp³-hybridized carbons (Fsp3) is 0.160. The molecule has 1 saturated heterocycles. The summed E-state index contributed by atoms with van der Waals surface area (Å²) in [6, 6.07) is 19.3. The number of anilines is 1. The summed E-state index contributed by atoms with van der Waals surface area (Å²) in [6.45, 7) is 2.41. The molecular weight excluding hydrogens is 524 g/mol. The van der Waals surface area contributed by atoms with Crippen molar-refractivity contribution in [2.75, 3.05) is 12.4 Å². The van der Waals surface area contributed by atoms with Crippen LogP contribution in [0, 0.1) is 6.92 Å². The molecule has 5 nitrogen and oxygen atoms in total. The predicted molar refractivity (Wildman–Crippen MR) is 139 cm³/mol. The quantitative estimate of drug-likeness (QED) is 0.328. The van der Waals surface area contributed by atoms with E-state index in [1.807, 2.05) is 73.7 Å². The molecule has 1 heterocycles. The molecule has 1 aliphatic rings. The van der Waals surface area contributed by atoms with E-state index >= 15 is 0 Å². The molecule has 0 spiro atoms. The second-order valence-corrected chi connectivity index (χ2v) is 9.83. The van der Waals surface area contributed by atoms with Gasteiger partial charge in [0.2, 0.25) is 0 Å². The summed E-state index contributed by atoms with van der Waals surface area (Å²) in [7, 11) is 1.60. The van der Waals surface area contributed by atoms with Crippen molar-refractivity contribution in [1.29, 1.82) is 0 Å². The number of thioether (sulfide) groups is 1. The van der Waals surface area contributed by atoms with E-state index in [1.54, 1.807) is 7.11 Å². The first kappa shape index (κ1) is 23.5. The molecule has 3 aromatic rings. The number of halogens is 2. The van der Waals surface area contributed by atoms with E-state index in [2.05, 4.69) is 26.6 Å². The molecule has 1 fully saturated rings. The normalized spacial score (nSPS) is 16.5. The maximum absolute atomic E-state index is 12.6. The molecule has 33 heavy (non-hydrogen) atoms. The lowest BCUT2D eigenvalue weighted by atomic mass is 10.2. The van der Waals surface area contributed by atoms with Crippen LogP contribution in [0.2, 0.25) is 5.02 Å². The zero-order valence-corrected chi connectivity index (χ0v) is 21.2. The Morgan fingerprint density at radius 3 is 2.73 bits per heavy atom. The lowest BCUT2D eigenvalue weighted by Crippen LogP contribution is -2.31. The number of carbonyl (C=O) groups excluding carboxylic acids is 1. The maximum Gasteiger partial charge on any atom is 0.260 e. The Kier molecular flexibility index (Phi) is 7.53. The number of aryl methyl sites for hydroxylation is 1.